The van der Waals surface area contributed by atoms with Crippen molar-refractivity contribution in [3.63, 3.8) is 0 Å². The van der Waals surface area contributed by atoms with E-state index in [0.717, 1.165) is 19.4 Å². The highest BCUT2D eigenvalue weighted by atomic mass is 16.2. The highest BCUT2D eigenvalue weighted by molar-refractivity contribution is 5.80. The Bertz CT molecular complexity index is 170. The van der Waals surface area contributed by atoms with Crippen molar-refractivity contribution in [3.8, 4) is 0 Å². The summed E-state index contributed by atoms with van der Waals surface area (Å²) in [5.74, 6) is 0.333. The standard InChI is InChI=1S/C9H18N2O/c1-3-11-7(2)4-5-8(6-10)9(11)12/h7-8H,3-6,10H2,1-2H3/t7-,8-/m1/s1. The highest BCUT2D eigenvalue weighted by Crippen LogP contribution is 2.21. The molecule has 0 aliphatic carbocycles. The Labute approximate surface area is 73.9 Å². The van der Waals surface area contributed by atoms with E-state index in [1.54, 1.807) is 0 Å². The molecule has 1 amide bonds. The first kappa shape index (κ1) is 9.52. The monoisotopic (exact) mass is 170 g/mol. The molecule has 1 fully saturated rings. The number of nitrogens with zero attached hydrogens (tertiary/aromatic N) is 1. The number of piperidine rings is 1. The summed E-state index contributed by atoms with van der Waals surface area (Å²) in [4.78, 5) is 13.6. The normalized spacial score (nSPS) is 30.9. The lowest BCUT2D eigenvalue weighted by molar-refractivity contribution is -0.140. The average Bonchev–Trinajstić information content (AvgIpc) is 2.06. The van der Waals surface area contributed by atoms with Crippen molar-refractivity contribution < 1.29 is 4.79 Å². The Morgan fingerprint density at radius 3 is 2.75 bits per heavy atom. The molecule has 0 aromatic heterocycles. The maximum atomic E-state index is 11.6. The predicted molar refractivity (Wildman–Crippen MR) is 48.6 cm³/mol. The van der Waals surface area contributed by atoms with Gasteiger partial charge in [0.25, 0.3) is 0 Å². The van der Waals surface area contributed by atoms with Crippen molar-refractivity contribution in [2.24, 2.45) is 11.7 Å². The van der Waals surface area contributed by atoms with Crippen LogP contribution in [0.1, 0.15) is 26.7 Å². The summed E-state index contributed by atoms with van der Waals surface area (Å²) in [7, 11) is 0. The van der Waals surface area contributed by atoms with Gasteiger partial charge in [-0.15, -0.1) is 0 Å². The Hall–Kier alpha value is -0.570. The lowest BCUT2D eigenvalue weighted by Crippen LogP contribution is -2.48. The summed E-state index contributed by atoms with van der Waals surface area (Å²) in [6, 6.07) is 0.408. The number of nitrogens with two attached hydrogens (primary N) is 1. The molecule has 0 aromatic rings. The molecule has 3 nitrogen and oxygen atoms in total. The molecule has 1 rings (SSSR count). The zero-order valence-corrected chi connectivity index (χ0v) is 7.92. The second kappa shape index (κ2) is 3.90. The van der Waals surface area contributed by atoms with Crippen LogP contribution in [0.5, 0.6) is 0 Å². The molecule has 0 saturated carbocycles. The summed E-state index contributed by atoms with van der Waals surface area (Å²) in [6.07, 6.45) is 2.06. The molecular formula is C9H18N2O. The smallest absolute Gasteiger partial charge is 0.227 e. The van der Waals surface area contributed by atoms with Crippen LogP contribution in [-0.4, -0.2) is 29.9 Å². The summed E-state index contributed by atoms with van der Waals surface area (Å²) in [5, 5.41) is 0. The van der Waals surface area contributed by atoms with Crippen LogP contribution in [0, 0.1) is 5.92 Å². The summed E-state index contributed by atoms with van der Waals surface area (Å²) in [5.41, 5.74) is 5.51. The van der Waals surface area contributed by atoms with E-state index in [9.17, 15) is 4.79 Å². The summed E-state index contributed by atoms with van der Waals surface area (Å²) in [6.45, 7) is 5.44. The fraction of sp³-hybridized carbons (Fsp3) is 0.889. The predicted octanol–water partition coefficient (Wildman–Crippen LogP) is 0.592. The van der Waals surface area contributed by atoms with E-state index >= 15 is 0 Å². The van der Waals surface area contributed by atoms with Crippen LogP contribution < -0.4 is 5.73 Å². The number of hydrogen-bond donors (Lipinski definition) is 1. The average molecular weight is 170 g/mol. The van der Waals surface area contributed by atoms with Gasteiger partial charge in [0.15, 0.2) is 0 Å². The van der Waals surface area contributed by atoms with Crippen LogP contribution in [0.25, 0.3) is 0 Å². The van der Waals surface area contributed by atoms with E-state index in [4.69, 9.17) is 5.73 Å². The molecule has 0 unspecified atom stereocenters. The molecule has 3 heteroatoms. The number of hydrogen-bond acceptors (Lipinski definition) is 2. The number of rotatable bonds is 2. The minimum Gasteiger partial charge on any atom is -0.340 e. The quantitative estimate of drug-likeness (QED) is 0.659. The van der Waals surface area contributed by atoms with Crippen LogP contribution in [0.15, 0.2) is 0 Å². The largest absolute Gasteiger partial charge is 0.340 e. The van der Waals surface area contributed by atoms with Gasteiger partial charge in [0.05, 0.1) is 5.92 Å². The first-order valence-electron chi connectivity index (χ1n) is 4.71. The molecule has 1 aliphatic rings. The molecule has 2 N–H and O–H groups in total. The number of carbonyl (C=O) groups excluding carboxylic acids is 1. The molecule has 0 aromatic carbocycles. The first-order valence-corrected chi connectivity index (χ1v) is 4.71. The van der Waals surface area contributed by atoms with E-state index in [-0.39, 0.29) is 11.8 Å². The number of likely N-dealkylation sites (tertiary alicyclic amines) is 1. The fourth-order valence-corrected chi connectivity index (χ4v) is 1.86. The maximum absolute atomic E-state index is 11.6. The molecule has 0 bridgehead atoms. The van der Waals surface area contributed by atoms with Gasteiger partial charge in [-0.25, -0.2) is 0 Å². The van der Waals surface area contributed by atoms with Crippen LogP contribution in [0.2, 0.25) is 0 Å². The topological polar surface area (TPSA) is 46.3 Å². The van der Waals surface area contributed by atoms with Gasteiger partial charge < -0.3 is 10.6 Å². The Morgan fingerprint density at radius 2 is 2.25 bits per heavy atom. The fourth-order valence-electron chi connectivity index (χ4n) is 1.86. The van der Waals surface area contributed by atoms with Crippen LogP contribution in [-0.2, 0) is 4.79 Å². The van der Waals surface area contributed by atoms with Gasteiger partial charge >= 0.3 is 0 Å². The zero-order valence-electron chi connectivity index (χ0n) is 7.92. The number of amides is 1. The number of carbonyl (C=O) groups is 1. The van der Waals surface area contributed by atoms with Gasteiger partial charge in [-0.2, -0.15) is 0 Å². The third-order valence-electron chi connectivity index (χ3n) is 2.72. The molecule has 1 aliphatic heterocycles. The SMILES string of the molecule is CCN1C(=O)[C@@H](CN)CC[C@H]1C. The minimum atomic E-state index is 0.0844. The molecule has 2 atom stereocenters. The van der Waals surface area contributed by atoms with Crippen molar-refractivity contribution in [1.29, 1.82) is 0 Å². The van der Waals surface area contributed by atoms with Crippen molar-refractivity contribution >= 4 is 5.91 Å². The molecule has 0 spiro atoms. The second-order valence-corrected chi connectivity index (χ2v) is 3.48. The third-order valence-corrected chi connectivity index (χ3v) is 2.72. The second-order valence-electron chi connectivity index (χ2n) is 3.48. The molecule has 1 heterocycles. The molecular weight excluding hydrogens is 152 g/mol. The van der Waals surface area contributed by atoms with Gasteiger partial charge in [-0.1, -0.05) is 0 Å². The minimum absolute atomic E-state index is 0.0844. The van der Waals surface area contributed by atoms with Gasteiger partial charge in [0.1, 0.15) is 0 Å². The van der Waals surface area contributed by atoms with Gasteiger partial charge in [0, 0.05) is 19.1 Å². The van der Waals surface area contributed by atoms with Crippen LogP contribution >= 0.6 is 0 Å². The van der Waals surface area contributed by atoms with Gasteiger partial charge in [-0.3, -0.25) is 4.79 Å². The van der Waals surface area contributed by atoms with Gasteiger partial charge in [-0.05, 0) is 26.7 Å². The van der Waals surface area contributed by atoms with Crippen molar-refractivity contribution in [3.05, 3.63) is 0 Å². The molecule has 12 heavy (non-hydrogen) atoms. The van der Waals surface area contributed by atoms with Crippen molar-refractivity contribution in [2.45, 2.75) is 32.7 Å². The maximum Gasteiger partial charge on any atom is 0.227 e. The van der Waals surface area contributed by atoms with Crippen LogP contribution in [0.3, 0.4) is 0 Å². The van der Waals surface area contributed by atoms with E-state index in [0.29, 0.717) is 12.6 Å². The third kappa shape index (κ3) is 1.61. The summed E-state index contributed by atoms with van der Waals surface area (Å²) >= 11 is 0. The van der Waals surface area contributed by atoms with E-state index in [1.165, 1.54) is 0 Å². The lowest BCUT2D eigenvalue weighted by atomic mass is 9.93. The van der Waals surface area contributed by atoms with E-state index < -0.39 is 0 Å². The Balaban J connectivity index is 2.63. The lowest BCUT2D eigenvalue weighted by Gasteiger charge is -2.36. The van der Waals surface area contributed by atoms with Gasteiger partial charge in [0.2, 0.25) is 5.91 Å². The first-order chi connectivity index (χ1) is 5.70. The van der Waals surface area contributed by atoms with Crippen molar-refractivity contribution in [2.75, 3.05) is 13.1 Å². The molecule has 70 valence electrons. The Morgan fingerprint density at radius 1 is 1.58 bits per heavy atom. The molecule has 1 saturated heterocycles. The van der Waals surface area contributed by atoms with E-state index in [2.05, 4.69) is 6.92 Å². The Kier molecular flexibility index (Phi) is 3.09. The zero-order chi connectivity index (χ0) is 9.14. The highest BCUT2D eigenvalue weighted by Gasteiger charge is 2.30. The van der Waals surface area contributed by atoms with Crippen LogP contribution in [0.4, 0.5) is 0 Å². The van der Waals surface area contributed by atoms with E-state index in [1.807, 2.05) is 11.8 Å². The summed E-state index contributed by atoms with van der Waals surface area (Å²) < 4.78 is 0. The van der Waals surface area contributed by atoms with Crippen molar-refractivity contribution in [1.82, 2.24) is 4.90 Å². The molecule has 0 radical (unpaired) electrons.